The largest absolute Gasteiger partial charge is 0.340 e. The highest BCUT2D eigenvalue weighted by Gasteiger charge is 2.68. The standard InChI is InChI=1S/C17H20Cl3N3O2/c1-16(11-17(16,19)20)15(25)23-8-6-22(7-9-23)10-14(24)21-13-5-3-2-4-12(13)18/h2-5H,6-11H2,1H3,(H,21,24)/t16-/m0/s1. The predicted octanol–water partition coefficient (Wildman–Crippen LogP) is 3.01. The summed E-state index contributed by atoms with van der Waals surface area (Å²) in [6.07, 6.45) is 0.488. The molecule has 5 nitrogen and oxygen atoms in total. The van der Waals surface area contributed by atoms with Gasteiger partial charge in [0.1, 0.15) is 4.33 Å². The first-order valence-electron chi connectivity index (χ1n) is 8.17. The second kappa shape index (κ2) is 6.95. The van der Waals surface area contributed by atoms with E-state index in [0.717, 1.165) is 0 Å². The van der Waals surface area contributed by atoms with Crippen LogP contribution >= 0.6 is 34.8 Å². The first-order chi connectivity index (χ1) is 11.7. The van der Waals surface area contributed by atoms with E-state index in [2.05, 4.69) is 5.32 Å². The molecular formula is C17H20Cl3N3O2. The monoisotopic (exact) mass is 403 g/mol. The van der Waals surface area contributed by atoms with Gasteiger partial charge in [-0.05, 0) is 25.5 Å². The lowest BCUT2D eigenvalue weighted by Crippen LogP contribution is -2.52. The molecule has 3 rings (SSSR count). The van der Waals surface area contributed by atoms with Crippen LogP contribution in [0.5, 0.6) is 0 Å². The van der Waals surface area contributed by atoms with Gasteiger partial charge < -0.3 is 10.2 Å². The molecular weight excluding hydrogens is 385 g/mol. The van der Waals surface area contributed by atoms with Crippen LogP contribution < -0.4 is 5.32 Å². The number of amides is 2. The number of carbonyl (C=O) groups excluding carboxylic acids is 2. The van der Waals surface area contributed by atoms with Crippen LogP contribution in [0, 0.1) is 5.41 Å². The number of piperazine rings is 1. The van der Waals surface area contributed by atoms with E-state index >= 15 is 0 Å². The Kier molecular flexibility index (Phi) is 5.22. The fourth-order valence-corrected chi connectivity index (χ4v) is 3.92. The zero-order valence-electron chi connectivity index (χ0n) is 13.9. The third-order valence-electron chi connectivity index (χ3n) is 4.90. The van der Waals surface area contributed by atoms with Gasteiger partial charge in [-0.25, -0.2) is 0 Å². The maximum absolute atomic E-state index is 12.5. The van der Waals surface area contributed by atoms with Crippen LogP contribution in [0.4, 0.5) is 5.69 Å². The van der Waals surface area contributed by atoms with Crippen molar-refractivity contribution in [2.75, 3.05) is 38.0 Å². The van der Waals surface area contributed by atoms with Crippen LogP contribution in [0.2, 0.25) is 5.02 Å². The van der Waals surface area contributed by atoms with E-state index in [1.54, 1.807) is 24.0 Å². The smallest absolute Gasteiger partial charge is 0.238 e. The highest BCUT2D eigenvalue weighted by Crippen LogP contribution is 2.64. The van der Waals surface area contributed by atoms with E-state index in [0.29, 0.717) is 43.3 Å². The minimum atomic E-state index is -0.948. The number of hydrogen-bond acceptors (Lipinski definition) is 3. The molecule has 0 spiro atoms. The molecule has 136 valence electrons. The van der Waals surface area contributed by atoms with Crippen LogP contribution in [0.25, 0.3) is 0 Å². The van der Waals surface area contributed by atoms with Crippen molar-refractivity contribution in [2.45, 2.75) is 17.7 Å². The SMILES string of the molecule is C[C@@]1(C(=O)N2CCN(CC(=O)Nc3ccccc3Cl)CC2)CC1(Cl)Cl. The summed E-state index contributed by atoms with van der Waals surface area (Å²) < 4.78 is -0.948. The number of nitrogens with zero attached hydrogens (tertiary/aromatic N) is 2. The van der Waals surface area contributed by atoms with Gasteiger partial charge in [0.15, 0.2) is 0 Å². The summed E-state index contributed by atoms with van der Waals surface area (Å²) in [6, 6.07) is 7.12. The Labute approximate surface area is 162 Å². The van der Waals surface area contributed by atoms with Crippen molar-refractivity contribution in [3.8, 4) is 0 Å². The fraction of sp³-hybridized carbons (Fsp3) is 0.529. The zero-order chi connectivity index (χ0) is 18.2. The predicted molar refractivity (Wildman–Crippen MR) is 100 cm³/mol. The van der Waals surface area contributed by atoms with E-state index < -0.39 is 9.75 Å². The number of rotatable bonds is 4. The van der Waals surface area contributed by atoms with Gasteiger partial charge in [-0.2, -0.15) is 0 Å². The lowest BCUT2D eigenvalue weighted by Gasteiger charge is -2.36. The van der Waals surface area contributed by atoms with E-state index in [9.17, 15) is 9.59 Å². The van der Waals surface area contributed by atoms with E-state index in [-0.39, 0.29) is 18.4 Å². The molecule has 25 heavy (non-hydrogen) atoms. The summed E-state index contributed by atoms with van der Waals surface area (Å²) in [6.45, 7) is 4.47. The van der Waals surface area contributed by atoms with E-state index in [1.807, 2.05) is 17.0 Å². The second-order valence-corrected chi connectivity index (χ2v) is 8.70. The topological polar surface area (TPSA) is 52.7 Å². The van der Waals surface area contributed by atoms with Gasteiger partial charge >= 0.3 is 0 Å². The Balaban J connectivity index is 1.47. The number of hydrogen-bond donors (Lipinski definition) is 1. The summed E-state index contributed by atoms with van der Waals surface area (Å²) in [5, 5.41) is 3.32. The van der Waals surface area contributed by atoms with Crippen LogP contribution in [-0.4, -0.2) is 58.7 Å². The summed E-state index contributed by atoms with van der Waals surface area (Å²) in [5.74, 6) is -0.125. The van der Waals surface area contributed by atoms with Gasteiger partial charge in [-0.15, -0.1) is 23.2 Å². The van der Waals surface area contributed by atoms with Gasteiger partial charge in [-0.1, -0.05) is 23.7 Å². The lowest BCUT2D eigenvalue weighted by molar-refractivity contribution is -0.138. The maximum atomic E-state index is 12.5. The zero-order valence-corrected chi connectivity index (χ0v) is 16.2. The first kappa shape index (κ1) is 18.8. The van der Waals surface area contributed by atoms with Gasteiger partial charge in [0.25, 0.3) is 0 Å². The van der Waals surface area contributed by atoms with Crippen molar-refractivity contribution in [1.29, 1.82) is 0 Å². The van der Waals surface area contributed by atoms with Crippen LogP contribution in [-0.2, 0) is 9.59 Å². The second-order valence-electron chi connectivity index (χ2n) is 6.81. The Morgan fingerprint density at radius 1 is 1.16 bits per heavy atom. The third kappa shape index (κ3) is 3.90. The molecule has 0 aromatic heterocycles. The average molecular weight is 405 g/mol. The number of benzene rings is 1. The number of anilines is 1. The highest BCUT2D eigenvalue weighted by atomic mass is 35.5. The molecule has 8 heteroatoms. The van der Waals surface area contributed by atoms with Crippen molar-refractivity contribution in [2.24, 2.45) is 5.41 Å². The third-order valence-corrected chi connectivity index (χ3v) is 6.34. The molecule has 1 heterocycles. The minimum absolute atomic E-state index is 0.00216. The first-order valence-corrected chi connectivity index (χ1v) is 9.30. The van der Waals surface area contributed by atoms with E-state index in [1.165, 1.54) is 0 Å². The molecule has 2 amide bonds. The van der Waals surface area contributed by atoms with E-state index in [4.69, 9.17) is 34.8 Å². The summed E-state index contributed by atoms with van der Waals surface area (Å²) >= 11 is 18.2. The Morgan fingerprint density at radius 3 is 2.32 bits per heavy atom. The molecule has 1 saturated heterocycles. The summed E-state index contributed by atoms with van der Waals surface area (Å²) in [7, 11) is 0. The molecule has 0 bridgehead atoms. The van der Waals surface area contributed by atoms with Gasteiger partial charge in [-0.3, -0.25) is 14.5 Å². The lowest BCUT2D eigenvalue weighted by atomic mass is 10.1. The normalized spacial score (nSPS) is 25.5. The molecule has 2 aliphatic rings. The van der Waals surface area contributed by atoms with Crippen LogP contribution in [0.15, 0.2) is 24.3 Å². The number of carbonyl (C=O) groups is 2. The fourth-order valence-electron chi connectivity index (χ4n) is 3.05. The Bertz CT molecular complexity index is 689. The van der Waals surface area contributed by atoms with Gasteiger partial charge in [0.05, 0.1) is 22.7 Å². The minimum Gasteiger partial charge on any atom is -0.340 e. The van der Waals surface area contributed by atoms with Crippen molar-refractivity contribution >= 4 is 52.3 Å². The molecule has 1 saturated carbocycles. The number of para-hydroxylation sites is 1. The van der Waals surface area contributed by atoms with Gasteiger partial charge in [0, 0.05) is 26.2 Å². The number of nitrogens with one attached hydrogen (secondary N) is 1. The van der Waals surface area contributed by atoms with Crippen LogP contribution in [0.1, 0.15) is 13.3 Å². The molecule has 0 radical (unpaired) electrons. The maximum Gasteiger partial charge on any atom is 0.238 e. The molecule has 1 aliphatic carbocycles. The molecule has 2 fully saturated rings. The Hall–Kier alpha value is -1.01. The van der Waals surface area contributed by atoms with Gasteiger partial charge in [0.2, 0.25) is 11.8 Å². The molecule has 1 N–H and O–H groups in total. The van der Waals surface area contributed by atoms with Crippen molar-refractivity contribution in [3.63, 3.8) is 0 Å². The number of halogens is 3. The molecule has 1 aromatic carbocycles. The molecule has 0 unspecified atom stereocenters. The highest BCUT2D eigenvalue weighted by molar-refractivity contribution is 6.53. The van der Waals surface area contributed by atoms with Crippen molar-refractivity contribution in [3.05, 3.63) is 29.3 Å². The van der Waals surface area contributed by atoms with Crippen LogP contribution in [0.3, 0.4) is 0 Å². The number of alkyl halides is 2. The van der Waals surface area contributed by atoms with Crippen molar-refractivity contribution in [1.82, 2.24) is 9.80 Å². The Morgan fingerprint density at radius 2 is 1.76 bits per heavy atom. The van der Waals surface area contributed by atoms with Crippen molar-refractivity contribution < 1.29 is 9.59 Å². The summed E-state index contributed by atoms with van der Waals surface area (Å²) in [5.41, 5.74) is -0.0788. The molecule has 1 aliphatic heterocycles. The quantitative estimate of drug-likeness (QED) is 0.785. The molecule has 1 aromatic rings. The summed E-state index contributed by atoms with van der Waals surface area (Å²) in [4.78, 5) is 28.5. The molecule has 1 atom stereocenters. The average Bonchev–Trinajstić information content (AvgIpc) is 3.09.